The maximum Gasteiger partial charge on any atom is 0.344 e. The van der Waals surface area contributed by atoms with Gasteiger partial charge in [-0.25, -0.2) is 4.79 Å². The van der Waals surface area contributed by atoms with Crippen LogP contribution < -0.4 is 9.47 Å². The van der Waals surface area contributed by atoms with Gasteiger partial charge in [0.1, 0.15) is 0 Å². The molecule has 0 aliphatic carbocycles. The molecule has 0 aliphatic heterocycles. The van der Waals surface area contributed by atoms with E-state index in [1.807, 2.05) is 31.2 Å². The van der Waals surface area contributed by atoms with Crippen molar-refractivity contribution < 1.29 is 19.4 Å². The Morgan fingerprint density at radius 3 is 2.61 bits per heavy atom. The molecule has 120 valence electrons. The molecular formula is C18H19NO4. The average Bonchev–Trinajstić information content (AvgIpc) is 2.54. The van der Waals surface area contributed by atoms with Crippen LogP contribution >= 0.6 is 0 Å². The summed E-state index contributed by atoms with van der Waals surface area (Å²) in [4.78, 5) is 15.5. The summed E-state index contributed by atoms with van der Waals surface area (Å²) in [7, 11) is 1.51. The molecule has 0 heterocycles. The highest BCUT2D eigenvalue weighted by Gasteiger charge is 2.17. The van der Waals surface area contributed by atoms with Crippen molar-refractivity contribution in [3.8, 4) is 11.5 Å². The first-order valence-corrected chi connectivity index (χ1v) is 7.19. The third-order valence-electron chi connectivity index (χ3n) is 3.33. The zero-order chi connectivity index (χ0) is 16.8. The lowest BCUT2D eigenvalue weighted by Crippen LogP contribution is -2.23. The monoisotopic (exact) mass is 313 g/mol. The Morgan fingerprint density at radius 1 is 1.22 bits per heavy atom. The van der Waals surface area contributed by atoms with E-state index in [2.05, 4.69) is 4.99 Å². The van der Waals surface area contributed by atoms with Crippen molar-refractivity contribution in [1.29, 1.82) is 0 Å². The molecular weight excluding hydrogens is 294 g/mol. The molecule has 0 saturated heterocycles. The predicted octanol–water partition coefficient (Wildman–Crippen LogP) is 3.61. The number of nitrogens with zero attached hydrogens (tertiary/aromatic N) is 1. The molecule has 0 spiro atoms. The minimum Gasteiger partial charge on any atom is -0.493 e. The van der Waals surface area contributed by atoms with Gasteiger partial charge in [-0.15, -0.1) is 0 Å². The van der Waals surface area contributed by atoms with Crippen molar-refractivity contribution >= 4 is 17.9 Å². The molecule has 0 amide bonds. The fourth-order valence-electron chi connectivity index (χ4n) is 2.00. The number of para-hydroxylation sites is 2. The van der Waals surface area contributed by atoms with Crippen LogP contribution in [0.5, 0.6) is 11.5 Å². The average molecular weight is 313 g/mol. The Morgan fingerprint density at radius 2 is 1.96 bits per heavy atom. The van der Waals surface area contributed by atoms with Crippen LogP contribution in [0.2, 0.25) is 0 Å². The summed E-state index contributed by atoms with van der Waals surface area (Å²) < 4.78 is 10.8. The fourth-order valence-corrected chi connectivity index (χ4v) is 2.00. The second-order valence-electron chi connectivity index (χ2n) is 5.02. The summed E-state index contributed by atoms with van der Waals surface area (Å²) in [5.74, 6) is -0.216. The Balaban J connectivity index is 2.38. The van der Waals surface area contributed by atoms with Crippen LogP contribution in [0.4, 0.5) is 5.69 Å². The summed E-state index contributed by atoms with van der Waals surface area (Å²) in [5, 5.41) is 9.04. The Labute approximate surface area is 135 Å². The topological polar surface area (TPSA) is 68.1 Å². The standard InChI is InChI=1S/C18H19NO4/c1-12-7-4-5-9-15(12)19-11-14-8-6-10-16(22-3)17(14)23-13(2)18(20)21/h4-11,13H,1-3H3,(H,20,21)/t13-/m1/s1. The van der Waals surface area contributed by atoms with Crippen LogP contribution in [0.3, 0.4) is 0 Å². The fraction of sp³-hybridized carbons (Fsp3) is 0.222. The molecule has 0 aliphatic rings. The van der Waals surface area contributed by atoms with Crippen LogP contribution in [-0.4, -0.2) is 30.5 Å². The van der Waals surface area contributed by atoms with Gasteiger partial charge >= 0.3 is 5.97 Å². The van der Waals surface area contributed by atoms with Gasteiger partial charge in [-0.1, -0.05) is 24.3 Å². The third kappa shape index (κ3) is 4.10. The van der Waals surface area contributed by atoms with Crippen LogP contribution in [0.15, 0.2) is 47.5 Å². The minimum atomic E-state index is -1.04. The zero-order valence-corrected chi connectivity index (χ0v) is 13.3. The van der Waals surface area contributed by atoms with Crippen LogP contribution in [0, 0.1) is 6.92 Å². The van der Waals surface area contributed by atoms with E-state index in [0.29, 0.717) is 17.1 Å². The second kappa shape index (κ2) is 7.45. The maximum absolute atomic E-state index is 11.0. The first-order valence-electron chi connectivity index (χ1n) is 7.19. The van der Waals surface area contributed by atoms with E-state index >= 15 is 0 Å². The quantitative estimate of drug-likeness (QED) is 0.827. The number of hydrogen-bond donors (Lipinski definition) is 1. The first kappa shape index (κ1) is 16.5. The first-order chi connectivity index (χ1) is 11.0. The number of ether oxygens (including phenoxy) is 2. The Kier molecular flexibility index (Phi) is 5.36. The second-order valence-corrected chi connectivity index (χ2v) is 5.02. The predicted molar refractivity (Wildman–Crippen MR) is 89.2 cm³/mol. The van der Waals surface area contributed by atoms with Crippen molar-refractivity contribution in [2.45, 2.75) is 20.0 Å². The summed E-state index contributed by atoms with van der Waals surface area (Å²) in [6.45, 7) is 3.44. The number of benzene rings is 2. The highest BCUT2D eigenvalue weighted by Crippen LogP contribution is 2.31. The minimum absolute atomic E-state index is 0.363. The van der Waals surface area contributed by atoms with Gasteiger partial charge in [0.25, 0.3) is 0 Å². The smallest absolute Gasteiger partial charge is 0.344 e. The molecule has 0 saturated carbocycles. The summed E-state index contributed by atoms with van der Waals surface area (Å²) in [6, 6.07) is 13.1. The molecule has 0 radical (unpaired) electrons. The molecule has 0 unspecified atom stereocenters. The Hall–Kier alpha value is -2.82. The van der Waals surface area contributed by atoms with Gasteiger partial charge in [0.2, 0.25) is 0 Å². The lowest BCUT2D eigenvalue weighted by atomic mass is 10.2. The lowest BCUT2D eigenvalue weighted by molar-refractivity contribution is -0.144. The number of carboxylic acids is 1. The van der Waals surface area contributed by atoms with Gasteiger partial charge in [0.05, 0.1) is 12.8 Å². The number of aliphatic imine (C=N–C) groups is 1. The van der Waals surface area contributed by atoms with E-state index in [-0.39, 0.29) is 0 Å². The maximum atomic E-state index is 11.0. The van der Waals surface area contributed by atoms with Crippen molar-refractivity contribution in [3.63, 3.8) is 0 Å². The molecule has 0 bridgehead atoms. The van der Waals surface area contributed by atoms with Crippen LogP contribution in [0.1, 0.15) is 18.1 Å². The number of aliphatic carboxylic acids is 1. The number of hydrogen-bond acceptors (Lipinski definition) is 4. The number of aryl methyl sites for hydroxylation is 1. The normalized spacial score (nSPS) is 12.1. The molecule has 23 heavy (non-hydrogen) atoms. The molecule has 2 aromatic carbocycles. The number of methoxy groups -OCH3 is 1. The lowest BCUT2D eigenvalue weighted by Gasteiger charge is -2.15. The van der Waals surface area contributed by atoms with Crippen molar-refractivity contribution in [1.82, 2.24) is 0 Å². The summed E-state index contributed by atoms with van der Waals surface area (Å²) in [5.41, 5.74) is 2.54. The van der Waals surface area contributed by atoms with Crippen molar-refractivity contribution in [2.75, 3.05) is 7.11 Å². The van der Waals surface area contributed by atoms with E-state index in [1.165, 1.54) is 14.0 Å². The van der Waals surface area contributed by atoms with E-state index < -0.39 is 12.1 Å². The van der Waals surface area contributed by atoms with Gasteiger partial charge in [0, 0.05) is 11.8 Å². The molecule has 0 aromatic heterocycles. The number of carbonyl (C=O) groups is 1. The third-order valence-corrected chi connectivity index (χ3v) is 3.33. The van der Waals surface area contributed by atoms with Crippen molar-refractivity contribution in [3.05, 3.63) is 53.6 Å². The van der Waals surface area contributed by atoms with E-state index in [1.54, 1.807) is 24.4 Å². The van der Waals surface area contributed by atoms with Crippen molar-refractivity contribution in [2.24, 2.45) is 4.99 Å². The SMILES string of the molecule is COc1cccc(C=Nc2ccccc2C)c1O[C@H](C)C(=O)O. The van der Waals surface area contributed by atoms with Gasteiger partial charge in [0.15, 0.2) is 17.6 Å². The molecule has 5 nitrogen and oxygen atoms in total. The molecule has 1 N–H and O–H groups in total. The van der Waals surface area contributed by atoms with Gasteiger partial charge in [-0.05, 0) is 37.6 Å². The number of carboxylic acid groups (broad SMARTS) is 1. The Bertz CT molecular complexity index is 725. The van der Waals surface area contributed by atoms with E-state index in [0.717, 1.165) is 11.3 Å². The van der Waals surface area contributed by atoms with Gasteiger partial charge in [-0.3, -0.25) is 4.99 Å². The largest absolute Gasteiger partial charge is 0.493 e. The molecule has 5 heteroatoms. The van der Waals surface area contributed by atoms with Gasteiger partial charge in [-0.2, -0.15) is 0 Å². The molecule has 1 atom stereocenters. The summed E-state index contributed by atoms with van der Waals surface area (Å²) in [6.07, 6.45) is 0.659. The van der Waals surface area contributed by atoms with Crippen LogP contribution in [0.25, 0.3) is 0 Å². The molecule has 2 aromatic rings. The molecule has 0 fully saturated rings. The zero-order valence-electron chi connectivity index (χ0n) is 13.3. The molecule has 2 rings (SSSR count). The number of rotatable bonds is 6. The highest BCUT2D eigenvalue weighted by molar-refractivity contribution is 5.87. The van der Waals surface area contributed by atoms with E-state index in [4.69, 9.17) is 14.6 Å². The van der Waals surface area contributed by atoms with Gasteiger partial charge < -0.3 is 14.6 Å². The summed E-state index contributed by atoms with van der Waals surface area (Å²) >= 11 is 0. The van der Waals surface area contributed by atoms with E-state index in [9.17, 15) is 4.79 Å². The highest BCUT2D eigenvalue weighted by atomic mass is 16.5. The van der Waals surface area contributed by atoms with Crippen LogP contribution in [-0.2, 0) is 4.79 Å².